The Bertz CT molecular complexity index is 497. The predicted octanol–water partition coefficient (Wildman–Crippen LogP) is 2.80. The van der Waals surface area contributed by atoms with Crippen molar-refractivity contribution in [2.45, 2.75) is 18.2 Å². The maximum Gasteiger partial charge on any atom is 0.242 e. The standard InChI is InChI=1S/C11H16BrClN2O2S.ClH/c1-2-5-14-6-7-15-18(16,17)11-4-3-9(12)8-10(11)13;/h3-4,8,14-15H,2,5-7H2,1H3;1H. The molecule has 0 aromatic heterocycles. The van der Waals surface area contributed by atoms with Gasteiger partial charge in [0.2, 0.25) is 10.0 Å². The Morgan fingerprint density at radius 1 is 1.26 bits per heavy atom. The molecule has 1 aromatic carbocycles. The van der Waals surface area contributed by atoms with Gasteiger partial charge in [0.25, 0.3) is 0 Å². The molecule has 0 heterocycles. The summed E-state index contributed by atoms with van der Waals surface area (Å²) in [6.07, 6.45) is 1.02. The van der Waals surface area contributed by atoms with Crippen LogP contribution in [0.2, 0.25) is 5.02 Å². The van der Waals surface area contributed by atoms with E-state index in [0.29, 0.717) is 13.1 Å². The van der Waals surface area contributed by atoms with Crippen molar-refractivity contribution in [2.24, 2.45) is 0 Å². The van der Waals surface area contributed by atoms with Gasteiger partial charge in [-0.2, -0.15) is 0 Å². The second-order valence-electron chi connectivity index (χ2n) is 3.72. The first-order valence-electron chi connectivity index (χ1n) is 5.63. The molecular weight excluding hydrogens is 375 g/mol. The van der Waals surface area contributed by atoms with Crippen LogP contribution in [-0.2, 0) is 10.0 Å². The molecule has 0 spiro atoms. The minimum Gasteiger partial charge on any atom is -0.315 e. The fourth-order valence-electron chi connectivity index (χ4n) is 1.35. The second kappa shape index (κ2) is 9.15. The molecule has 0 bridgehead atoms. The van der Waals surface area contributed by atoms with Crippen LogP contribution < -0.4 is 10.0 Å². The first kappa shape index (κ1) is 19.1. The largest absolute Gasteiger partial charge is 0.315 e. The summed E-state index contributed by atoms with van der Waals surface area (Å²) < 4.78 is 27.2. The SMILES string of the molecule is CCCNCCNS(=O)(=O)c1ccc(Br)cc1Cl.Cl. The average Bonchev–Trinajstić information content (AvgIpc) is 2.28. The van der Waals surface area contributed by atoms with Crippen LogP contribution in [0, 0.1) is 0 Å². The molecule has 8 heteroatoms. The topological polar surface area (TPSA) is 58.2 Å². The quantitative estimate of drug-likeness (QED) is 0.702. The van der Waals surface area contributed by atoms with Crippen LogP contribution in [0.4, 0.5) is 0 Å². The van der Waals surface area contributed by atoms with E-state index in [1.807, 2.05) is 0 Å². The van der Waals surface area contributed by atoms with Gasteiger partial charge in [-0.15, -0.1) is 12.4 Å². The highest BCUT2D eigenvalue weighted by Crippen LogP contribution is 2.24. The minimum absolute atomic E-state index is 0. The Kier molecular flexibility index (Phi) is 9.23. The van der Waals surface area contributed by atoms with Crippen LogP contribution in [0.5, 0.6) is 0 Å². The van der Waals surface area contributed by atoms with Crippen LogP contribution in [0.1, 0.15) is 13.3 Å². The summed E-state index contributed by atoms with van der Waals surface area (Å²) in [4.78, 5) is 0.0999. The summed E-state index contributed by atoms with van der Waals surface area (Å²) in [6, 6.07) is 4.69. The summed E-state index contributed by atoms with van der Waals surface area (Å²) in [6.45, 7) is 3.87. The van der Waals surface area contributed by atoms with Crippen LogP contribution in [0.15, 0.2) is 27.6 Å². The van der Waals surface area contributed by atoms with Crippen molar-refractivity contribution in [3.8, 4) is 0 Å². The molecule has 0 radical (unpaired) electrons. The molecular formula is C11H17BrCl2N2O2S. The van der Waals surface area contributed by atoms with Crippen molar-refractivity contribution in [1.29, 1.82) is 0 Å². The molecule has 1 aromatic rings. The lowest BCUT2D eigenvalue weighted by molar-refractivity contribution is 0.575. The first-order valence-corrected chi connectivity index (χ1v) is 8.28. The van der Waals surface area contributed by atoms with Gasteiger partial charge in [0.15, 0.2) is 0 Å². The highest BCUT2D eigenvalue weighted by Gasteiger charge is 2.17. The zero-order valence-corrected chi connectivity index (χ0v) is 14.4. The van der Waals surface area contributed by atoms with E-state index in [-0.39, 0.29) is 22.3 Å². The lowest BCUT2D eigenvalue weighted by Crippen LogP contribution is -2.32. The summed E-state index contributed by atoms with van der Waals surface area (Å²) in [5, 5.41) is 3.32. The van der Waals surface area contributed by atoms with Gasteiger partial charge in [0.1, 0.15) is 4.90 Å². The molecule has 0 aliphatic heterocycles. The minimum atomic E-state index is -3.54. The van der Waals surface area contributed by atoms with Crippen molar-refractivity contribution in [3.05, 3.63) is 27.7 Å². The third kappa shape index (κ3) is 6.42. The third-order valence-corrected chi connectivity index (χ3v) is 4.64. The van der Waals surface area contributed by atoms with E-state index in [9.17, 15) is 8.42 Å². The van der Waals surface area contributed by atoms with Crippen LogP contribution in [0.25, 0.3) is 0 Å². The maximum absolute atomic E-state index is 12.0. The van der Waals surface area contributed by atoms with Gasteiger partial charge in [-0.25, -0.2) is 13.1 Å². The number of benzene rings is 1. The van der Waals surface area contributed by atoms with Gasteiger partial charge in [0.05, 0.1) is 5.02 Å². The molecule has 1 rings (SSSR count). The first-order chi connectivity index (χ1) is 8.47. The molecule has 0 saturated heterocycles. The van der Waals surface area contributed by atoms with Crippen LogP contribution in [0.3, 0.4) is 0 Å². The van der Waals surface area contributed by atoms with E-state index >= 15 is 0 Å². The fraction of sp³-hybridized carbons (Fsp3) is 0.455. The Morgan fingerprint density at radius 3 is 2.53 bits per heavy atom. The molecule has 0 atom stereocenters. The summed E-state index contributed by atoms with van der Waals surface area (Å²) in [5.74, 6) is 0. The highest BCUT2D eigenvalue weighted by atomic mass is 79.9. The van der Waals surface area contributed by atoms with E-state index in [1.54, 1.807) is 12.1 Å². The molecule has 0 aliphatic rings. The maximum atomic E-state index is 12.0. The highest BCUT2D eigenvalue weighted by molar-refractivity contribution is 9.10. The molecule has 4 nitrogen and oxygen atoms in total. The van der Waals surface area contributed by atoms with Crippen molar-refractivity contribution < 1.29 is 8.42 Å². The number of rotatable bonds is 7. The summed E-state index contributed by atoms with van der Waals surface area (Å²) in [7, 11) is -3.54. The zero-order valence-electron chi connectivity index (χ0n) is 10.4. The van der Waals surface area contributed by atoms with Crippen LogP contribution >= 0.6 is 39.9 Å². The molecule has 0 amide bonds. The Hall–Kier alpha value is 0.150. The number of nitrogens with one attached hydrogen (secondary N) is 2. The average molecular weight is 392 g/mol. The Balaban J connectivity index is 0.00000324. The van der Waals surface area contributed by atoms with E-state index in [1.165, 1.54) is 6.07 Å². The normalized spacial score (nSPS) is 11.1. The second-order valence-corrected chi connectivity index (χ2v) is 6.78. The number of hydrogen-bond donors (Lipinski definition) is 2. The molecule has 0 fully saturated rings. The van der Waals surface area contributed by atoms with E-state index < -0.39 is 10.0 Å². The summed E-state index contributed by atoms with van der Waals surface area (Å²) in [5.41, 5.74) is 0. The predicted molar refractivity (Wildman–Crippen MR) is 84.7 cm³/mol. The molecule has 2 N–H and O–H groups in total. The lowest BCUT2D eigenvalue weighted by Gasteiger charge is -2.09. The van der Waals surface area contributed by atoms with E-state index in [0.717, 1.165) is 17.4 Å². The summed E-state index contributed by atoms with van der Waals surface area (Å²) >= 11 is 9.15. The monoisotopic (exact) mass is 390 g/mol. The molecule has 0 aliphatic carbocycles. The molecule has 110 valence electrons. The van der Waals surface area contributed by atoms with Gasteiger partial charge in [-0.1, -0.05) is 34.5 Å². The third-order valence-electron chi connectivity index (χ3n) is 2.20. The molecule has 19 heavy (non-hydrogen) atoms. The Morgan fingerprint density at radius 2 is 1.95 bits per heavy atom. The van der Waals surface area contributed by atoms with Crippen molar-refractivity contribution >= 4 is 50.0 Å². The smallest absolute Gasteiger partial charge is 0.242 e. The lowest BCUT2D eigenvalue weighted by atomic mass is 10.4. The van der Waals surface area contributed by atoms with Gasteiger partial charge >= 0.3 is 0 Å². The van der Waals surface area contributed by atoms with Gasteiger partial charge in [-0.05, 0) is 31.2 Å². The number of sulfonamides is 1. The number of hydrogen-bond acceptors (Lipinski definition) is 3. The van der Waals surface area contributed by atoms with Crippen molar-refractivity contribution in [1.82, 2.24) is 10.0 Å². The van der Waals surface area contributed by atoms with Crippen molar-refractivity contribution in [2.75, 3.05) is 19.6 Å². The van der Waals surface area contributed by atoms with Gasteiger partial charge in [-0.3, -0.25) is 0 Å². The van der Waals surface area contributed by atoms with E-state index in [2.05, 4.69) is 32.9 Å². The van der Waals surface area contributed by atoms with Gasteiger partial charge in [0, 0.05) is 17.6 Å². The van der Waals surface area contributed by atoms with Crippen LogP contribution in [-0.4, -0.2) is 28.1 Å². The van der Waals surface area contributed by atoms with Crippen molar-refractivity contribution in [3.63, 3.8) is 0 Å². The fourth-order valence-corrected chi connectivity index (χ4v) is 3.41. The van der Waals surface area contributed by atoms with E-state index in [4.69, 9.17) is 11.6 Å². The van der Waals surface area contributed by atoms with Gasteiger partial charge < -0.3 is 5.32 Å². The Labute approximate surface area is 133 Å². The number of halogens is 3. The molecule has 0 unspecified atom stereocenters. The zero-order chi connectivity index (χ0) is 13.6. The molecule has 0 saturated carbocycles.